The molecule has 2 aliphatic heterocycles. The van der Waals surface area contributed by atoms with E-state index in [1.165, 1.54) is 66.9 Å². The zero-order valence-corrected chi connectivity index (χ0v) is 26.8. The molecule has 3 aromatic rings. The smallest absolute Gasteiger partial charge is 0.306 e. The Labute approximate surface area is 268 Å². The molecule has 0 unspecified atom stereocenters. The fourth-order valence-corrected chi connectivity index (χ4v) is 8.92. The highest BCUT2D eigenvalue weighted by atomic mass is 35.5. The van der Waals surface area contributed by atoms with Crippen LogP contribution in [0.3, 0.4) is 0 Å². The molecule has 6 rings (SSSR count). The molecular formula is C30H34Cl2FN5O3S2. The number of thiazole rings is 1. The number of piperidine rings is 1. The van der Waals surface area contributed by atoms with Crippen LogP contribution in [0.15, 0.2) is 23.6 Å². The number of nitrogens with one attached hydrogen (secondary N) is 1. The molecule has 1 saturated carbocycles. The van der Waals surface area contributed by atoms with Crippen molar-refractivity contribution in [1.82, 2.24) is 9.88 Å². The molecule has 2 saturated heterocycles. The first-order valence-electron chi connectivity index (χ1n) is 14.8. The lowest BCUT2D eigenvalue weighted by atomic mass is 9.94. The first-order valence-corrected chi connectivity index (χ1v) is 17.2. The van der Waals surface area contributed by atoms with Crippen molar-refractivity contribution >= 4 is 73.6 Å². The maximum Gasteiger partial charge on any atom is 0.306 e. The molecule has 1 aromatic carbocycles. The summed E-state index contributed by atoms with van der Waals surface area (Å²) in [6, 6.07) is 5.20. The number of hydrogen-bond donors (Lipinski definition) is 2. The minimum absolute atomic E-state index is 0.0882. The normalized spacial score (nSPS) is 19.1. The number of amides is 1. The van der Waals surface area contributed by atoms with E-state index in [1.54, 1.807) is 4.90 Å². The summed E-state index contributed by atoms with van der Waals surface area (Å²) in [5.41, 5.74) is 1.07. The summed E-state index contributed by atoms with van der Waals surface area (Å²) < 4.78 is 15.3. The van der Waals surface area contributed by atoms with E-state index in [4.69, 9.17) is 28.2 Å². The van der Waals surface area contributed by atoms with Crippen LogP contribution in [0.4, 0.5) is 20.2 Å². The van der Waals surface area contributed by atoms with E-state index in [0.717, 1.165) is 41.8 Å². The fourth-order valence-electron chi connectivity index (χ4n) is 6.43. The van der Waals surface area contributed by atoms with Gasteiger partial charge in [0.25, 0.3) is 5.91 Å². The highest BCUT2D eigenvalue weighted by Crippen LogP contribution is 2.43. The topological polar surface area (TPSA) is 89.0 Å². The molecule has 3 fully saturated rings. The molecule has 1 aliphatic carbocycles. The second-order valence-corrected chi connectivity index (χ2v) is 14.2. The third-order valence-electron chi connectivity index (χ3n) is 8.76. The van der Waals surface area contributed by atoms with Crippen LogP contribution < -0.4 is 15.1 Å². The van der Waals surface area contributed by atoms with E-state index in [1.807, 2.05) is 11.4 Å². The van der Waals surface area contributed by atoms with Gasteiger partial charge in [-0.1, -0.05) is 53.8 Å². The summed E-state index contributed by atoms with van der Waals surface area (Å²) in [7, 11) is 0. The Morgan fingerprint density at radius 1 is 0.953 bits per heavy atom. The van der Waals surface area contributed by atoms with E-state index in [9.17, 15) is 14.7 Å². The van der Waals surface area contributed by atoms with Gasteiger partial charge >= 0.3 is 5.97 Å². The molecule has 0 atom stereocenters. The number of carbonyl (C=O) groups is 2. The average molecular weight is 667 g/mol. The van der Waals surface area contributed by atoms with Crippen LogP contribution in [-0.2, 0) is 4.79 Å². The lowest BCUT2D eigenvalue weighted by molar-refractivity contribution is -0.142. The van der Waals surface area contributed by atoms with Crippen molar-refractivity contribution in [2.45, 2.75) is 51.0 Å². The first-order chi connectivity index (χ1) is 20.8. The van der Waals surface area contributed by atoms with Crippen LogP contribution in [-0.4, -0.2) is 72.2 Å². The highest BCUT2D eigenvalue weighted by molar-refractivity contribution is 7.21. The molecule has 4 heterocycles. The fraction of sp³-hybridized carbons (Fsp3) is 0.500. The van der Waals surface area contributed by atoms with Crippen molar-refractivity contribution in [1.29, 1.82) is 0 Å². The number of carboxylic acids is 1. The SMILES string of the molecule is O=C(Nc1nc(-c2cc(Cl)cs2)c(N2CCN(C3CCCCC3)CC2)s1)c1cc(F)c(N2CCC(C(=O)O)CC2)c(Cl)c1. The Bertz CT molecular complexity index is 1450. The standard InChI is InChI=1S/C30H34Cl2FN5O3S2/c31-20-16-24(42-17-20)25-28(38-12-10-36(11-13-38)21-4-2-1-3-5-21)43-30(34-25)35-27(39)19-14-22(32)26(23(33)15-19)37-8-6-18(7-9-37)29(40)41/h14-18,21H,1-13H2,(H,40,41)(H,34,35,39). The van der Waals surface area contributed by atoms with Crippen LogP contribution in [0.1, 0.15) is 55.3 Å². The first kappa shape index (κ1) is 30.6. The number of rotatable bonds is 7. The summed E-state index contributed by atoms with van der Waals surface area (Å²) in [6.45, 7) is 4.51. The number of carboxylic acid groups (broad SMARTS) is 1. The number of carbonyl (C=O) groups excluding carboxylic acids is 1. The predicted molar refractivity (Wildman–Crippen MR) is 173 cm³/mol. The van der Waals surface area contributed by atoms with Crippen LogP contribution >= 0.6 is 45.9 Å². The molecule has 43 heavy (non-hydrogen) atoms. The number of piperazine rings is 1. The third-order valence-corrected chi connectivity index (χ3v) is 11.4. The average Bonchev–Trinajstić information content (AvgIpc) is 3.63. The van der Waals surface area contributed by atoms with Gasteiger partial charge in [0.05, 0.1) is 26.5 Å². The van der Waals surface area contributed by atoms with E-state index < -0.39 is 23.6 Å². The molecule has 3 aliphatic rings. The second kappa shape index (κ2) is 13.3. The molecular weight excluding hydrogens is 632 g/mol. The van der Waals surface area contributed by atoms with Gasteiger partial charge < -0.3 is 14.9 Å². The van der Waals surface area contributed by atoms with Gasteiger partial charge in [0.2, 0.25) is 0 Å². The number of benzene rings is 1. The molecule has 2 aromatic heterocycles. The van der Waals surface area contributed by atoms with Gasteiger partial charge in [0.1, 0.15) is 16.5 Å². The molecule has 0 spiro atoms. The Morgan fingerprint density at radius 2 is 1.67 bits per heavy atom. The Hall–Kier alpha value is -2.44. The summed E-state index contributed by atoms with van der Waals surface area (Å²) in [5, 5.41) is 16.2. The Kier molecular flexibility index (Phi) is 9.44. The van der Waals surface area contributed by atoms with Gasteiger partial charge in [-0.3, -0.25) is 19.8 Å². The van der Waals surface area contributed by atoms with Crippen molar-refractivity contribution in [3.8, 4) is 10.6 Å². The van der Waals surface area contributed by atoms with E-state index in [-0.39, 0.29) is 16.3 Å². The number of thiophene rings is 1. The Morgan fingerprint density at radius 3 is 2.30 bits per heavy atom. The minimum atomic E-state index is -0.837. The van der Waals surface area contributed by atoms with Gasteiger partial charge in [0, 0.05) is 56.3 Å². The number of hydrogen-bond acceptors (Lipinski definition) is 8. The molecule has 0 radical (unpaired) electrons. The number of nitrogens with zero attached hydrogens (tertiary/aromatic N) is 4. The summed E-state index contributed by atoms with van der Waals surface area (Å²) in [6.07, 6.45) is 7.36. The molecule has 0 bridgehead atoms. The maximum atomic E-state index is 15.3. The second-order valence-electron chi connectivity index (χ2n) is 11.5. The van der Waals surface area contributed by atoms with Gasteiger partial charge in [0.15, 0.2) is 5.13 Å². The van der Waals surface area contributed by atoms with Gasteiger partial charge in [-0.25, -0.2) is 9.37 Å². The van der Waals surface area contributed by atoms with Gasteiger partial charge in [-0.05, 0) is 43.9 Å². The lowest BCUT2D eigenvalue weighted by Crippen LogP contribution is -2.50. The van der Waals surface area contributed by atoms with E-state index in [2.05, 4.69) is 15.1 Å². The minimum Gasteiger partial charge on any atom is -0.481 e. The zero-order valence-electron chi connectivity index (χ0n) is 23.7. The largest absolute Gasteiger partial charge is 0.481 e. The van der Waals surface area contributed by atoms with Gasteiger partial charge in [-0.2, -0.15) is 0 Å². The van der Waals surface area contributed by atoms with Crippen LogP contribution in [0.2, 0.25) is 10.0 Å². The molecule has 230 valence electrons. The summed E-state index contributed by atoms with van der Waals surface area (Å²) in [5.74, 6) is -2.40. The molecule has 13 heteroatoms. The number of anilines is 3. The van der Waals surface area contributed by atoms with Crippen LogP contribution in [0.5, 0.6) is 0 Å². The van der Waals surface area contributed by atoms with Crippen molar-refractivity contribution in [2.24, 2.45) is 5.92 Å². The molecule has 2 N–H and O–H groups in total. The van der Waals surface area contributed by atoms with Crippen LogP contribution in [0, 0.1) is 11.7 Å². The Balaban J connectivity index is 1.18. The van der Waals surface area contributed by atoms with Crippen molar-refractivity contribution in [3.63, 3.8) is 0 Å². The number of aromatic nitrogens is 1. The molecule has 1 amide bonds. The lowest BCUT2D eigenvalue weighted by Gasteiger charge is -2.41. The van der Waals surface area contributed by atoms with Crippen molar-refractivity contribution < 1.29 is 19.1 Å². The monoisotopic (exact) mass is 665 g/mol. The number of halogens is 3. The summed E-state index contributed by atoms with van der Waals surface area (Å²) >= 11 is 15.7. The summed E-state index contributed by atoms with van der Waals surface area (Å²) in [4.78, 5) is 37.0. The van der Waals surface area contributed by atoms with Crippen LogP contribution in [0.25, 0.3) is 10.6 Å². The maximum absolute atomic E-state index is 15.3. The highest BCUT2D eigenvalue weighted by Gasteiger charge is 2.30. The zero-order chi connectivity index (χ0) is 30.1. The van der Waals surface area contributed by atoms with Gasteiger partial charge in [-0.15, -0.1) is 11.3 Å². The van der Waals surface area contributed by atoms with Crippen molar-refractivity contribution in [2.75, 3.05) is 54.4 Å². The van der Waals surface area contributed by atoms with Crippen molar-refractivity contribution in [3.05, 3.63) is 45.0 Å². The number of aliphatic carboxylic acids is 1. The predicted octanol–water partition coefficient (Wildman–Crippen LogP) is 7.33. The quantitative estimate of drug-likeness (QED) is 0.273. The van der Waals surface area contributed by atoms with E-state index in [0.29, 0.717) is 42.1 Å². The van der Waals surface area contributed by atoms with E-state index >= 15 is 4.39 Å². The third kappa shape index (κ3) is 6.81. The molecule has 8 nitrogen and oxygen atoms in total.